The molecule has 0 spiro atoms. The zero-order valence-electron chi connectivity index (χ0n) is 19.9. The fraction of sp³-hybridized carbons (Fsp3) is 0.440. The molecular formula is C25H29N3O6S. The highest BCUT2D eigenvalue weighted by Gasteiger charge is 2.64. The lowest BCUT2D eigenvalue weighted by Gasteiger charge is -2.43. The highest BCUT2D eigenvalue weighted by molar-refractivity contribution is 8.01. The largest absolute Gasteiger partial charge is 0.460 e. The van der Waals surface area contributed by atoms with E-state index in [9.17, 15) is 19.2 Å². The summed E-state index contributed by atoms with van der Waals surface area (Å²) in [6.07, 6.45) is 6.06. The van der Waals surface area contributed by atoms with Gasteiger partial charge in [0.15, 0.2) is 0 Å². The summed E-state index contributed by atoms with van der Waals surface area (Å²) < 4.78 is 9.97. The van der Waals surface area contributed by atoms with Crippen molar-refractivity contribution in [1.82, 2.24) is 15.1 Å². The maximum atomic E-state index is 12.9. The Morgan fingerprint density at radius 1 is 1.14 bits per heavy atom. The maximum absolute atomic E-state index is 12.9. The molecule has 0 aliphatic carbocycles. The number of ether oxygens (including phenoxy) is 2. The van der Waals surface area contributed by atoms with Crippen molar-refractivity contribution in [2.75, 3.05) is 20.3 Å². The average molecular weight is 500 g/mol. The molecular weight excluding hydrogens is 470 g/mol. The van der Waals surface area contributed by atoms with Crippen LogP contribution in [0.5, 0.6) is 0 Å². The van der Waals surface area contributed by atoms with Crippen LogP contribution in [0.1, 0.15) is 25.8 Å². The second kappa shape index (κ2) is 10.2. The zero-order valence-corrected chi connectivity index (χ0v) is 20.7. The second-order valence-corrected chi connectivity index (χ2v) is 11.0. The van der Waals surface area contributed by atoms with Crippen LogP contribution in [0.25, 0.3) is 0 Å². The topological polar surface area (TPSA) is 105 Å². The molecule has 3 aliphatic rings. The summed E-state index contributed by atoms with van der Waals surface area (Å²) in [5, 5.41) is 2.47. The molecule has 3 aliphatic heterocycles. The van der Waals surface area contributed by atoms with E-state index in [1.807, 2.05) is 63.5 Å². The van der Waals surface area contributed by atoms with E-state index < -0.39 is 28.8 Å². The lowest BCUT2D eigenvalue weighted by atomic mass is 9.96. The van der Waals surface area contributed by atoms with E-state index in [1.54, 1.807) is 11.1 Å². The first-order valence-electron chi connectivity index (χ1n) is 11.4. The number of nitrogens with one attached hydrogen (secondary N) is 1. The molecule has 0 saturated carbocycles. The first kappa shape index (κ1) is 24.8. The molecule has 9 nitrogen and oxygen atoms in total. The lowest BCUT2D eigenvalue weighted by Crippen LogP contribution is -2.70. The number of hydrogen-bond donors (Lipinski definition) is 1. The van der Waals surface area contributed by atoms with Crippen LogP contribution in [0.2, 0.25) is 0 Å². The van der Waals surface area contributed by atoms with Crippen molar-refractivity contribution >= 4 is 35.5 Å². The molecule has 1 N–H and O–H groups in total. The lowest BCUT2D eigenvalue weighted by molar-refractivity contribution is -0.165. The van der Waals surface area contributed by atoms with Gasteiger partial charge >= 0.3 is 11.9 Å². The first-order valence-corrected chi connectivity index (χ1v) is 12.3. The molecule has 4 rings (SSSR count). The Kier molecular flexibility index (Phi) is 7.20. The molecule has 186 valence electrons. The summed E-state index contributed by atoms with van der Waals surface area (Å²) in [7, 11) is 1.82. The minimum absolute atomic E-state index is 0.0782. The van der Waals surface area contributed by atoms with E-state index in [-0.39, 0.29) is 36.8 Å². The fourth-order valence-electron chi connectivity index (χ4n) is 4.40. The van der Waals surface area contributed by atoms with Crippen LogP contribution in [0.15, 0.2) is 54.4 Å². The normalized spacial score (nSPS) is 24.3. The van der Waals surface area contributed by atoms with Crippen LogP contribution in [-0.2, 0) is 35.1 Å². The standard InChI is InChI=1S/C25H29N3O6S/c1-25(2)20(24(32)34-13-12-33-23(31)17-10-7-11-27(3)15-17)28-21(30)19(22(28)35-25)26-18(29)14-16-8-5-4-6-9-16/h4-9,11,15,19-20,22H,10,12-14H2,1-3H3,(H,26,29)/t19-,20?,22-/m1/s1. The molecule has 0 bridgehead atoms. The van der Waals surface area contributed by atoms with Crippen LogP contribution in [0.4, 0.5) is 0 Å². The van der Waals surface area contributed by atoms with Crippen LogP contribution in [-0.4, -0.2) is 76.0 Å². The number of rotatable bonds is 8. The van der Waals surface area contributed by atoms with Gasteiger partial charge in [0, 0.05) is 24.4 Å². The Morgan fingerprint density at radius 3 is 2.57 bits per heavy atom. The number of β-lactam (4-membered cyclic amide) rings is 1. The van der Waals surface area contributed by atoms with Crippen molar-refractivity contribution in [1.29, 1.82) is 0 Å². The highest BCUT2D eigenvalue weighted by Crippen LogP contribution is 2.51. The number of hydrogen-bond acceptors (Lipinski definition) is 8. The number of carbonyl (C=O) groups excluding carboxylic acids is 4. The zero-order chi connectivity index (χ0) is 25.2. The van der Waals surface area contributed by atoms with E-state index in [0.717, 1.165) is 5.56 Å². The molecule has 2 saturated heterocycles. The summed E-state index contributed by atoms with van der Waals surface area (Å²) in [6.45, 7) is 3.56. The van der Waals surface area contributed by atoms with Gasteiger partial charge in [-0.15, -0.1) is 11.8 Å². The molecule has 0 aromatic heterocycles. The van der Waals surface area contributed by atoms with Gasteiger partial charge in [-0.2, -0.15) is 0 Å². The minimum Gasteiger partial charge on any atom is -0.460 e. The van der Waals surface area contributed by atoms with Crippen molar-refractivity contribution in [2.24, 2.45) is 0 Å². The predicted molar refractivity (Wildman–Crippen MR) is 130 cm³/mol. The Labute approximate surface area is 208 Å². The summed E-state index contributed by atoms with van der Waals surface area (Å²) in [6, 6.07) is 7.83. The van der Waals surface area contributed by atoms with E-state index in [0.29, 0.717) is 12.0 Å². The van der Waals surface area contributed by atoms with Crippen molar-refractivity contribution in [3.63, 3.8) is 0 Å². The van der Waals surface area contributed by atoms with Crippen LogP contribution < -0.4 is 5.32 Å². The molecule has 1 aromatic rings. The average Bonchev–Trinajstić information content (AvgIpc) is 3.08. The summed E-state index contributed by atoms with van der Waals surface area (Å²) in [4.78, 5) is 53.6. The molecule has 10 heteroatoms. The Bertz CT molecular complexity index is 1070. The van der Waals surface area contributed by atoms with Crippen molar-refractivity contribution < 1.29 is 28.7 Å². The number of carbonyl (C=O) groups is 4. The molecule has 3 atom stereocenters. The van der Waals surface area contributed by atoms with Gasteiger partial charge in [0.2, 0.25) is 11.8 Å². The van der Waals surface area contributed by atoms with Gasteiger partial charge in [-0.3, -0.25) is 9.59 Å². The van der Waals surface area contributed by atoms with Gasteiger partial charge in [-0.1, -0.05) is 36.4 Å². The van der Waals surface area contributed by atoms with Crippen LogP contribution >= 0.6 is 11.8 Å². The van der Waals surface area contributed by atoms with Gasteiger partial charge in [-0.25, -0.2) is 9.59 Å². The number of benzene rings is 1. The molecule has 2 fully saturated rings. The predicted octanol–water partition coefficient (Wildman–Crippen LogP) is 1.60. The summed E-state index contributed by atoms with van der Waals surface area (Å²) >= 11 is 1.46. The molecule has 2 amide bonds. The van der Waals surface area contributed by atoms with Gasteiger partial charge < -0.3 is 24.6 Å². The molecule has 0 radical (unpaired) electrons. The number of nitrogens with zero attached hydrogens (tertiary/aromatic N) is 2. The van der Waals surface area contributed by atoms with E-state index >= 15 is 0 Å². The SMILES string of the molecule is CN1C=CCC(C(=O)OCCOC(=O)C2N3C(=O)[C@@H](NC(=O)Cc4ccccc4)[C@H]3SC2(C)C)=C1. The molecule has 1 aromatic carbocycles. The third kappa shape index (κ3) is 5.37. The smallest absolute Gasteiger partial charge is 0.335 e. The summed E-state index contributed by atoms with van der Waals surface area (Å²) in [5.74, 6) is -1.55. The first-order chi connectivity index (χ1) is 16.7. The molecule has 1 unspecified atom stereocenters. The Morgan fingerprint density at radius 2 is 1.86 bits per heavy atom. The van der Waals surface area contributed by atoms with Gasteiger partial charge in [0.05, 0.1) is 12.0 Å². The fourth-order valence-corrected chi connectivity index (χ4v) is 6.02. The number of amides is 2. The van der Waals surface area contributed by atoms with Crippen molar-refractivity contribution in [2.45, 2.75) is 48.9 Å². The monoisotopic (exact) mass is 499 g/mol. The van der Waals surface area contributed by atoms with E-state index in [2.05, 4.69) is 5.32 Å². The van der Waals surface area contributed by atoms with Crippen molar-refractivity contribution in [3.8, 4) is 0 Å². The minimum atomic E-state index is -0.789. The Balaban J connectivity index is 1.27. The molecule has 3 heterocycles. The van der Waals surface area contributed by atoms with Crippen LogP contribution in [0, 0.1) is 0 Å². The number of fused-ring (bicyclic) bond motifs is 1. The number of allylic oxidation sites excluding steroid dienone is 1. The van der Waals surface area contributed by atoms with Crippen LogP contribution in [0.3, 0.4) is 0 Å². The molecule has 35 heavy (non-hydrogen) atoms. The van der Waals surface area contributed by atoms with Gasteiger partial charge in [0.1, 0.15) is 30.7 Å². The summed E-state index contributed by atoms with van der Waals surface area (Å²) in [5.41, 5.74) is 1.38. The van der Waals surface area contributed by atoms with Gasteiger partial charge in [-0.05, 0) is 25.6 Å². The van der Waals surface area contributed by atoms with Gasteiger partial charge in [0.25, 0.3) is 0 Å². The third-order valence-corrected chi connectivity index (χ3v) is 7.62. The quantitative estimate of drug-likeness (QED) is 0.327. The van der Waals surface area contributed by atoms with E-state index in [4.69, 9.17) is 9.47 Å². The Hall–Kier alpha value is -3.27. The number of esters is 2. The maximum Gasteiger partial charge on any atom is 0.335 e. The second-order valence-electron chi connectivity index (χ2n) is 9.18. The number of thioether (sulfide) groups is 1. The van der Waals surface area contributed by atoms with Crippen molar-refractivity contribution in [3.05, 3.63) is 59.9 Å². The third-order valence-electron chi connectivity index (χ3n) is 6.05. The highest BCUT2D eigenvalue weighted by atomic mass is 32.2. The van der Waals surface area contributed by atoms with E-state index in [1.165, 1.54) is 16.7 Å².